The highest BCUT2D eigenvalue weighted by atomic mass is 19.1. The van der Waals surface area contributed by atoms with E-state index in [0.29, 0.717) is 24.3 Å². The smallest absolute Gasteiger partial charge is 0.217 e. The minimum absolute atomic E-state index is 0.228. The van der Waals surface area contributed by atoms with Gasteiger partial charge in [0.2, 0.25) is 5.91 Å². The summed E-state index contributed by atoms with van der Waals surface area (Å²) in [7, 11) is 0. The summed E-state index contributed by atoms with van der Waals surface area (Å²) in [5.74, 6) is -0.199. The van der Waals surface area contributed by atoms with Gasteiger partial charge in [-0.05, 0) is 18.2 Å². The number of fused-ring (bicyclic) bond motifs is 1. The molecule has 1 aromatic rings. The molecule has 2 unspecified atom stereocenters. The number of hydrogen-bond acceptors (Lipinski definition) is 3. The van der Waals surface area contributed by atoms with Crippen LogP contribution < -0.4 is 10.1 Å². The van der Waals surface area contributed by atoms with Crippen molar-refractivity contribution in [1.82, 2.24) is 5.32 Å². The molecule has 0 saturated heterocycles. The van der Waals surface area contributed by atoms with Crippen LogP contribution in [0.5, 0.6) is 5.75 Å². The first-order valence-electron chi connectivity index (χ1n) is 5.45. The van der Waals surface area contributed by atoms with Crippen molar-refractivity contribution in [3.05, 3.63) is 29.6 Å². The molecule has 17 heavy (non-hydrogen) atoms. The molecule has 4 nitrogen and oxygen atoms in total. The predicted octanol–water partition coefficient (Wildman–Crippen LogP) is 1.15. The Kier molecular flexibility index (Phi) is 3.28. The number of aliphatic hydroxyl groups is 1. The van der Waals surface area contributed by atoms with Gasteiger partial charge < -0.3 is 15.2 Å². The van der Waals surface area contributed by atoms with Crippen LogP contribution in [-0.4, -0.2) is 23.7 Å². The van der Waals surface area contributed by atoms with Gasteiger partial charge >= 0.3 is 0 Å². The van der Waals surface area contributed by atoms with Crippen molar-refractivity contribution in [2.24, 2.45) is 0 Å². The summed E-state index contributed by atoms with van der Waals surface area (Å²) >= 11 is 0. The van der Waals surface area contributed by atoms with Crippen molar-refractivity contribution >= 4 is 5.91 Å². The molecular weight excluding hydrogens is 225 g/mol. The topological polar surface area (TPSA) is 58.6 Å². The number of rotatable bonds is 1. The highest BCUT2D eigenvalue weighted by Gasteiger charge is 2.27. The van der Waals surface area contributed by atoms with Gasteiger partial charge in [-0.15, -0.1) is 0 Å². The summed E-state index contributed by atoms with van der Waals surface area (Å²) in [5.41, 5.74) is 0.376. The quantitative estimate of drug-likeness (QED) is 0.772. The Hall–Kier alpha value is -1.62. The maximum atomic E-state index is 13.1. The predicted molar refractivity (Wildman–Crippen MR) is 59.1 cm³/mol. The number of halogens is 1. The Balaban J connectivity index is 2.31. The summed E-state index contributed by atoms with van der Waals surface area (Å²) in [4.78, 5) is 11.0. The Bertz CT molecular complexity index is 436. The zero-order chi connectivity index (χ0) is 12.4. The van der Waals surface area contributed by atoms with Gasteiger partial charge in [0.05, 0.1) is 12.6 Å². The lowest BCUT2D eigenvalue weighted by Crippen LogP contribution is -2.38. The first-order chi connectivity index (χ1) is 8.08. The fraction of sp³-hybridized carbons (Fsp3) is 0.417. The molecule has 1 aliphatic heterocycles. The molecule has 0 aromatic heterocycles. The van der Waals surface area contributed by atoms with E-state index in [1.807, 2.05) is 0 Å². The second-order valence-corrected chi connectivity index (χ2v) is 4.07. The number of carbonyl (C=O) groups is 1. The Labute approximate surface area is 98.4 Å². The zero-order valence-electron chi connectivity index (χ0n) is 9.44. The average Bonchev–Trinajstić information content (AvgIpc) is 2.40. The third-order valence-electron chi connectivity index (χ3n) is 2.75. The molecule has 0 spiro atoms. The van der Waals surface area contributed by atoms with Crippen molar-refractivity contribution in [1.29, 1.82) is 0 Å². The lowest BCUT2D eigenvalue weighted by Gasteiger charge is -2.21. The second-order valence-electron chi connectivity index (χ2n) is 4.07. The molecule has 2 N–H and O–H groups in total. The average molecular weight is 239 g/mol. The van der Waals surface area contributed by atoms with Gasteiger partial charge in [0, 0.05) is 18.9 Å². The van der Waals surface area contributed by atoms with Crippen molar-refractivity contribution in [3.8, 4) is 5.75 Å². The standard InChI is InChI=1S/C12H14FNO3/c1-7(15)14-10-4-5-17-11-3-2-8(13)6-9(11)12(10)16/h2-3,6,10,12,16H,4-5H2,1H3,(H,14,15). The molecule has 1 heterocycles. The molecule has 2 atom stereocenters. The van der Waals surface area contributed by atoms with E-state index in [0.717, 1.165) is 0 Å². The van der Waals surface area contributed by atoms with Crippen molar-refractivity contribution < 1.29 is 19.0 Å². The number of carbonyl (C=O) groups excluding carboxylic acids is 1. The monoisotopic (exact) mass is 239 g/mol. The molecular formula is C12H14FNO3. The molecule has 92 valence electrons. The van der Waals surface area contributed by atoms with Crippen LogP contribution in [0.25, 0.3) is 0 Å². The van der Waals surface area contributed by atoms with Gasteiger partial charge in [0.25, 0.3) is 0 Å². The van der Waals surface area contributed by atoms with E-state index in [-0.39, 0.29) is 5.91 Å². The van der Waals surface area contributed by atoms with Gasteiger partial charge in [-0.3, -0.25) is 4.79 Å². The zero-order valence-corrected chi connectivity index (χ0v) is 9.44. The van der Waals surface area contributed by atoms with E-state index >= 15 is 0 Å². The number of hydrogen-bond donors (Lipinski definition) is 2. The van der Waals surface area contributed by atoms with Gasteiger partial charge in [-0.25, -0.2) is 4.39 Å². The third kappa shape index (κ3) is 2.55. The number of nitrogens with one attached hydrogen (secondary N) is 1. The van der Waals surface area contributed by atoms with Crippen LogP contribution in [0.1, 0.15) is 25.0 Å². The fourth-order valence-electron chi connectivity index (χ4n) is 1.96. The van der Waals surface area contributed by atoms with Crippen molar-refractivity contribution in [3.63, 3.8) is 0 Å². The van der Waals surface area contributed by atoms with Crippen LogP contribution in [0.2, 0.25) is 0 Å². The van der Waals surface area contributed by atoms with E-state index in [9.17, 15) is 14.3 Å². The largest absolute Gasteiger partial charge is 0.493 e. The Morgan fingerprint density at radius 2 is 2.35 bits per heavy atom. The van der Waals surface area contributed by atoms with Crippen LogP contribution >= 0.6 is 0 Å². The summed E-state index contributed by atoms with van der Waals surface area (Å²) in [6, 6.07) is 3.56. The summed E-state index contributed by atoms with van der Waals surface area (Å²) in [6.45, 7) is 1.76. The van der Waals surface area contributed by atoms with Crippen LogP contribution in [0, 0.1) is 5.82 Å². The van der Waals surface area contributed by atoms with E-state index in [1.165, 1.54) is 25.1 Å². The molecule has 2 rings (SSSR count). The van der Waals surface area contributed by atoms with E-state index in [4.69, 9.17) is 4.74 Å². The molecule has 0 saturated carbocycles. The summed E-state index contributed by atoms with van der Waals surface area (Å²) < 4.78 is 18.5. The minimum atomic E-state index is -0.952. The van der Waals surface area contributed by atoms with Gasteiger partial charge in [-0.2, -0.15) is 0 Å². The van der Waals surface area contributed by atoms with E-state index in [1.54, 1.807) is 0 Å². The number of aliphatic hydroxyl groups excluding tert-OH is 1. The van der Waals surface area contributed by atoms with Crippen molar-refractivity contribution in [2.45, 2.75) is 25.5 Å². The molecule has 0 fully saturated rings. The highest BCUT2D eigenvalue weighted by molar-refractivity contribution is 5.73. The molecule has 0 bridgehead atoms. The first kappa shape index (κ1) is 11.9. The van der Waals surface area contributed by atoms with Crippen LogP contribution in [0.4, 0.5) is 4.39 Å². The molecule has 5 heteroatoms. The van der Waals surface area contributed by atoms with Crippen LogP contribution in [0.3, 0.4) is 0 Å². The molecule has 1 aromatic carbocycles. The molecule has 0 radical (unpaired) electrons. The van der Waals surface area contributed by atoms with Crippen molar-refractivity contribution in [2.75, 3.05) is 6.61 Å². The Morgan fingerprint density at radius 3 is 3.06 bits per heavy atom. The summed E-state index contributed by atoms with van der Waals surface area (Å²) in [6.07, 6.45) is -0.469. The normalized spacial score (nSPS) is 23.2. The number of benzene rings is 1. The molecule has 1 amide bonds. The lowest BCUT2D eigenvalue weighted by molar-refractivity contribution is -0.120. The second kappa shape index (κ2) is 4.71. The van der Waals surface area contributed by atoms with Crippen LogP contribution in [-0.2, 0) is 4.79 Å². The van der Waals surface area contributed by atoms with Crippen LogP contribution in [0.15, 0.2) is 18.2 Å². The molecule has 0 aliphatic carbocycles. The van der Waals surface area contributed by atoms with E-state index in [2.05, 4.69) is 5.32 Å². The lowest BCUT2D eigenvalue weighted by atomic mass is 10.00. The summed E-state index contributed by atoms with van der Waals surface area (Å²) in [5, 5.41) is 12.8. The SMILES string of the molecule is CC(=O)NC1CCOc2ccc(F)cc2C1O. The third-order valence-corrected chi connectivity index (χ3v) is 2.75. The highest BCUT2D eigenvalue weighted by Crippen LogP contribution is 2.32. The fourth-order valence-corrected chi connectivity index (χ4v) is 1.96. The number of amides is 1. The first-order valence-corrected chi connectivity index (χ1v) is 5.45. The Morgan fingerprint density at radius 1 is 1.59 bits per heavy atom. The maximum Gasteiger partial charge on any atom is 0.217 e. The maximum absolute atomic E-state index is 13.1. The van der Waals surface area contributed by atoms with E-state index < -0.39 is 18.0 Å². The minimum Gasteiger partial charge on any atom is -0.493 e. The number of ether oxygens (including phenoxy) is 1. The van der Waals surface area contributed by atoms with Gasteiger partial charge in [0.1, 0.15) is 17.7 Å². The van der Waals surface area contributed by atoms with Gasteiger partial charge in [0.15, 0.2) is 0 Å². The van der Waals surface area contributed by atoms with Gasteiger partial charge in [-0.1, -0.05) is 0 Å². The molecule has 1 aliphatic rings.